The van der Waals surface area contributed by atoms with Gasteiger partial charge in [-0.15, -0.1) is 24.8 Å². The summed E-state index contributed by atoms with van der Waals surface area (Å²) >= 11 is -4.83. The van der Waals surface area contributed by atoms with E-state index in [4.69, 9.17) is 0 Å². The summed E-state index contributed by atoms with van der Waals surface area (Å²) in [6.45, 7) is 2.15. The van der Waals surface area contributed by atoms with Crippen LogP contribution in [0.2, 0.25) is 8.76 Å². The molecule has 2 fully saturated rings. The van der Waals surface area contributed by atoms with Crippen LogP contribution in [0.1, 0.15) is 100 Å². The fourth-order valence-electron chi connectivity index (χ4n) is 12.6. The molecule has 7 heteroatoms. The van der Waals surface area contributed by atoms with E-state index in [1.165, 1.54) is 129 Å². The van der Waals surface area contributed by atoms with Gasteiger partial charge in [0.25, 0.3) is 0 Å². The molecule has 4 aliphatic carbocycles. The Morgan fingerprint density at radius 3 is 1.36 bits per heavy atom. The third kappa shape index (κ3) is 8.36. The summed E-state index contributed by atoms with van der Waals surface area (Å²) in [5.41, 5.74) is 12.8. The van der Waals surface area contributed by atoms with E-state index in [0.29, 0.717) is 11.8 Å². The van der Waals surface area contributed by atoms with Crippen LogP contribution < -0.4 is 0 Å². The van der Waals surface area contributed by atoms with Crippen LogP contribution in [-0.4, -0.2) is 13.1 Å². The molecule has 0 spiro atoms. The van der Waals surface area contributed by atoms with Gasteiger partial charge in [0.05, 0.1) is 0 Å². The van der Waals surface area contributed by atoms with Crippen molar-refractivity contribution in [1.82, 2.24) is 0 Å². The Balaban J connectivity index is 0.00000257. The van der Waals surface area contributed by atoms with Crippen molar-refractivity contribution in [3.8, 4) is 22.3 Å². The van der Waals surface area contributed by atoms with Gasteiger partial charge in [-0.2, -0.15) is 0 Å². The van der Waals surface area contributed by atoms with Crippen LogP contribution >= 0.6 is 24.8 Å². The minimum atomic E-state index is -4.83. The number of fused-ring (bicyclic) bond motifs is 4. The van der Waals surface area contributed by atoms with E-state index in [1.807, 2.05) is 0 Å². The van der Waals surface area contributed by atoms with Crippen molar-refractivity contribution < 1.29 is 30.6 Å². The van der Waals surface area contributed by atoms with Gasteiger partial charge in [0, 0.05) is 0 Å². The number of hydrogen-bond donors (Lipinski definition) is 0. The number of allylic oxidation sites excluding steroid dienone is 2. The molecule has 0 radical (unpaired) electrons. The summed E-state index contributed by atoms with van der Waals surface area (Å²) in [4.78, 5) is 0. The van der Waals surface area contributed by atoms with E-state index < -0.39 is 30.0 Å². The number of halogens is 5. The summed E-state index contributed by atoms with van der Waals surface area (Å²) in [5, 5.41) is 4.85. The van der Waals surface area contributed by atoms with Gasteiger partial charge in [-0.05, 0) is 0 Å². The first-order valence-corrected chi connectivity index (χ1v) is 35.2. The number of alkyl halides is 3. The summed E-state index contributed by atoms with van der Waals surface area (Å²) < 4.78 is 47.9. The average molecular weight is 953 g/mol. The third-order valence-corrected chi connectivity index (χ3v) is 38.2. The molecule has 2 atom stereocenters. The molecule has 61 heavy (non-hydrogen) atoms. The van der Waals surface area contributed by atoms with Gasteiger partial charge in [-0.1, -0.05) is 0 Å². The molecular formula is C54H57Cl2F3SiZr. The van der Waals surface area contributed by atoms with Gasteiger partial charge in [-0.3, -0.25) is 0 Å². The molecular weight excluding hydrogens is 896 g/mol. The van der Waals surface area contributed by atoms with Gasteiger partial charge in [0.2, 0.25) is 0 Å². The van der Waals surface area contributed by atoms with Crippen LogP contribution in [0.3, 0.4) is 0 Å². The normalized spacial score (nSPS) is 19.4. The van der Waals surface area contributed by atoms with Crippen LogP contribution in [0.15, 0.2) is 132 Å². The van der Waals surface area contributed by atoms with Gasteiger partial charge in [0.1, 0.15) is 0 Å². The molecule has 0 amide bonds. The van der Waals surface area contributed by atoms with E-state index in [2.05, 4.69) is 145 Å². The molecule has 2 unspecified atom stereocenters. The zero-order valence-electron chi connectivity index (χ0n) is 35.2. The number of benzene rings is 6. The SMILES string of the molecule is Cl.Cl.[CH3][Zr](=[SiH2])([CH2]CC(F)(F)F)([CH]1C(CC2CCCC2)=Cc2c(-c3ccc4ccccc4c3)cccc21)[CH]1C(CC2CCCC2)=Cc2c(-c3ccc4ccccc4c3)cccc21. The van der Waals surface area contributed by atoms with E-state index >= 15 is 13.2 Å². The monoisotopic (exact) mass is 950 g/mol. The number of rotatable bonds is 10. The van der Waals surface area contributed by atoms with Crippen molar-refractivity contribution in [2.75, 3.05) is 0 Å². The Morgan fingerprint density at radius 1 is 0.541 bits per heavy atom. The molecule has 0 heterocycles. The summed E-state index contributed by atoms with van der Waals surface area (Å²) in [5.74, 6) is 1.19. The zero-order chi connectivity index (χ0) is 40.4. The van der Waals surface area contributed by atoms with Crippen molar-refractivity contribution >= 4 is 65.4 Å². The van der Waals surface area contributed by atoms with E-state index in [-0.39, 0.29) is 36.2 Å². The molecule has 0 bridgehead atoms. The van der Waals surface area contributed by atoms with Crippen LogP contribution in [-0.2, 0) is 17.4 Å². The number of hydrogen-bond acceptors (Lipinski definition) is 0. The topological polar surface area (TPSA) is 0 Å². The van der Waals surface area contributed by atoms with Crippen molar-refractivity contribution in [3.05, 3.63) is 155 Å². The molecule has 0 aliphatic heterocycles. The summed E-state index contributed by atoms with van der Waals surface area (Å²) in [7, 11) is 0. The Bertz CT molecular complexity index is 2560. The maximum absolute atomic E-state index is 15.0. The quantitative estimate of drug-likeness (QED) is 0.120. The molecule has 0 N–H and O–H groups in total. The van der Waals surface area contributed by atoms with Gasteiger partial charge in [0.15, 0.2) is 0 Å². The molecule has 10 rings (SSSR count). The molecule has 6 aromatic carbocycles. The summed E-state index contributed by atoms with van der Waals surface area (Å²) in [6.07, 6.45) is 12.0. The second-order valence-electron chi connectivity index (χ2n) is 19.4. The Morgan fingerprint density at radius 2 is 0.951 bits per heavy atom. The van der Waals surface area contributed by atoms with Crippen molar-refractivity contribution in [2.24, 2.45) is 11.8 Å². The minimum absolute atomic E-state index is 0. The van der Waals surface area contributed by atoms with E-state index in [1.54, 1.807) is 0 Å². The second-order valence-corrected chi connectivity index (χ2v) is 47.8. The molecule has 4 aliphatic rings. The van der Waals surface area contributed by atoms with Gasteiger partial charge >= 0.3 is 353 Å². The molecule has 6 aromatic rings. The van der Waals surface area contributed by atoms with Crippen LogP contribution in [0.5, 0.6) is 0 Å². The van der Waals surface area contributed by atoms with Crippen LogP contribution in [0, 0.1) is 11.8 Å². The van der Waals surface area contributed by atoms with Crippen LogP contribution in [0.4, 0.5) is 13.2 Å². The maximum atomic E-state index is 15.0. The predicted molar refractivity (Wildman–Crippen MR) is 258 cm³/mol. The zero-order valence-corrected chi connectivity index (χ0v) is 40.7. The first kappa shape index (κ1) is 44.4. The molecule has 0 saturated heterocycles. The first-order chi connectivity index (χ1) is 28.5. The van der Waals surface area contributed by atoms with Crippen molar-refractivity contribution in [3.63, 3.8) is 0 Å². The van der Waals surface area contributed by atoms with E-state index in [9.17, 15) is 0 Å². The van der Waals surface area contributed by atoms with Crippen molar-refractivity contribution in [2.45, 2.75) is 92.8 Å². The Kier molecular flexibility index (Phi) is 12.7. The van der Waals surface area contributed by atoms with Crippen LogP contribution in [0.25, 0.3) is 56.0 Å². The van der Waals surface area contributed by atoms with Gasteiger partial charge < -0.3 is 0 Å². The molecule has 2 saturated carbocycles. The van der Waals surface area contributed by atoms with E-state index in [0.717, 1.165) is 12.8 Å². The second kappa shape index (κ2) is 17.4. The molecule has 0 nitrogen and oxygen atoms in total. The van der Waals surface area contributed by atoms with Crippen molar-refractivity contribution in [1.29, 1.82) is 0 Å². The predicted octanol–water partition coefficient (Wildman–Crippen LogP) is 16.6. The standard InChI is InChI=1S/2C25H23.C3H4F3.CH3.2ClH.H2Si.Zr/c2*1-2-7-18(6-1)14-19-15-22-10-5-11-24(25(22)16-19)23-13-12-20-8-3-4-9-21(20)17-23;1-2-3(4,5)6;;;;;/h2*3-5,8-13,15-18H,1-2,6-7,14H2;1-2H2;1H3;2*1H;1H2;. The third-order valence-electron chi connectivity index (χ3n) is 15.3. The Hall–Kier alpha value is -3.21. The Labute approximate surface area is 374 Å². The first-order valence-electron chi connectivity index (χ1n) is 22.3. The molecule has 316 valence electrons. The molecule has 0 aromatic heterocycles. The fraction of sp³-hybridized carbons (Fsp3) is 0.333. The van der Waals surface area contributed by atoms with Gasteiger partial charge in [-0.25, -0.2) is 0 Å². The fourth-order valence-corrected chi connectivity index (χ4v) is 36.3. The average Bonchev–Trinajstić information content (AvgIpc) is 4.07. The summed E-state index contributed by atoms with van der Waals surface area (Å²) in [6, 6.07) is 44.2.